The van der Waals surface area contributed by atoms with Crippen molar-refractivity contribution in [3.8, 4) is 33.4 Å². The van der Waals surface area contributed by atoms with Crippen molar-refractivity contribution >= 4 is 0 Å². The molecule has 2 heteroatoms. The first kappa shape index (κ1) is 22.0. The minimum Gasteiger partial charge on any atom is -0.207 e. The van der Waals surface area contributed by atoms with Gasteiger partial charge in [-0.1, -0.05) is 99.5 Å². The summed E-state index contributed by atoms with van der Waals surface area (Å²) in [6.07, 6.45) is 3.82. The first-order valence-corrected chi connectivity index (χ1v) is 11.4. The van der Waals surface area contributed by atoms with Crippen LogP contribution in [0.2, 0.25) is 0 Å². The first-order valence-electron chi connectivity index (χ1n) is 11.4. The van der Waals surface area contributed by atoms with Crippen molar-refractivity contribution in [3.63, 3.8) is 0 Å². The Morgan fingerprint density at radius 2 is 1.00 bits per heavy atom. The van der Waals surface area contributed by atoms with Gasteiger partial charge >= 0.3 is 0 Å². The van der Waals surface area contributed by atoms with Gasteiger partial charge < -0.3 is 0 Å². The molecule has 0 aliphatic heterocycles. The fraction of sp³-hybridized carbons (Fsp3) is 0.200. The van der Waals surface area contributed by atoms with Crippen molar-refractivity contribution in [2.45, 2.75) is 39.5 Å². The standard InChI is InChI=1S/C30H28F2/c1-3-5-21-7-9-22(10-8-21)27-17-18-28(30(32)20-27)24-13-11-23(12-14-24)26-16-15-25(6-4-2)29(31)19-26/h7-20H,3-6H2,1-2H3. The average molecular weight is 427 g/mol. The summed E-state index contributed by atoms with van der Waals surface area (Å²) in [4.78, 5) is 0. The molecular weight excluding hydrogens is 398 g/mol. The fourth-order valence-corrected chi connectivity index (χ4v) is 4.12. The van der Waals surface area contributed by atoms with Crippen molar-refractivity contribution in [2.75, 3.05) is 0 Å². The highest BCUT2D eigenvalue weighted by Gasteiger charge is 2.09. The molecule has 0 aliphatic carbocycles. The van der Waals surface area contributed by atoms with Crippen LogP contribution in [0.5, 0.6) is 0 Å². The van der Waals surface area contributed by atoms with Crippen molar-refractivity contribution in [1.82, 2.24) is 0 Å². The van der Waals surface area contributed by atoms with Crippen molar-refractivity contribution in [2.24, 2.45) is 0 Å². The molecule has 0 saturated carbocycles. The summed E-state index contributed by atoms with van der Waals surface area (Å²) in [5.74, 6) is -0.416. The van der Waals surface area contributed by atoms with Crippen LogP contribution >= 0.6 is 0 Å². The molecule has 0 unspecified atom stereocenters. The molecule has 4 aromatic rings. The van der Waals surface area contributed by atoms with Gasteiger partial charge in [0, 0.05) is 5.56 Å². The molecule has 0 nitrogen and oxygen atoms in total. The summed E-state index contributed by atoms with van der Waals surface area (Å²) >= 11 is 0. The summed E-state index contributed by atoms with van der Waals surface area (Å²) in [6.45, 7) is 4.21. The Morgan fingerprint density at radius 3 is 1.56 bits per heavy atom. The zero-order chi connectivity index (χ0) is 22.5. The van der Waals surface area contributed by atoms with Gasteiger partial charge in [-0.25, -0.2) is 8.78 Å². The summed E-state index contributed by atoms with van der Waals surface area (Å²) in [5.41, 5.74) is 7.04. The van der Waals surface area contributed by atoms with Gasteiger partial charge in [0.05, 0.1) is 0 Å². The molecule has 0 N–H and O–H groups in total. The van der Waals surface area contributed by atoms with Gasteiger partial charge in [0.1, 0.15) is 11.6 Å². The second kappa shape index (κ2) is 9.91. The molecule has 32 heavy (non-hydrogen) atoms. The van der Waals surface area contributed by atoms with Crippen LogP contribution in [0.3, 0.4) is 0 Å². The summed E-state index contributed by atoms with van der Waals surface area (Å²) < 4.78 is 29.3. The molecule has 0 fully saturated rings. The summed E-state index contributed by atoms with van der Waals surface area (Å²) in [6, 6.07) is 26.7. The predicted molar refractivity (Wildman–Crippen MR) is 131 cm³/mol. The zero-order valence-electron chi connectivity index (χ0n) is 18.7. The maximum absolute atomic E-state index is 15.0. The Labute approximate surface area is 189 Å². The Bertz CT molecular complexity index is 1190. The van der Waals surface area contributed by atoms with E-state index >= 15 is 0 Å². The van der Waals surface area contributed by atoms with E-state index in [2.05, 4.69) is 31.2 Å². The molecule has 0 radical (unpaired) electrons. The lowest BCUT2D eigenvalue weighted by molar-refractivity contribution is 0.608. The van der Waals surface area contributed by atoms with Gasteiger partial charge in [-0.05, 0) is 63.9 Å². The van der Waals surface area contributed by atoms with Crippen LogP contribution in [0.25, 0.3) is 33.4 Å². The molecule has 162 valence electrons. The average Bonchev–Trinajstić information content (AvgIpc) is 2.81. The third-order valence-electron chi connectivity index (χ3n) is 5.90. The van der Waals surface area contributed by atoms with Crippen LogP contribution < -0.4 is 0 Å². The molecular formula is C30H28F2. The first-order chi connectivity index (χ1) is 15.6. The van der Waals surface area contributed by atoms with E-state index in [0.717, 1.165) is 59.1 Å². The summed E-state index contributed by atoms with van der Waals surface area (Å²) in [5, 5.41) is 0. The zero-order valence-corrected chi connectivity index (χ0v) is 18.7. The molecule has 0 aliphatic rings. The largest absolute Gasteiger partial charge is 0.207 e. The number of benzene rings is 4. The number of aryl methyl sites for hydroxylation is 2. The number of hydrogen-bond donors (Lipinski definition) is 0. The van der Waals surface area contributed by atoms with E-state index in [1.165, 1.54) is 5.56 Å². The van der Waals surface area contributed by atoms with Gasteiger partial charge in [-0.3, -0.25) is 0 Å². The van der Waals surface area contributed by atoms with Crippen LogP contribution in [-0.4, -0.2) is 0 Å². The predicted octanol–water partition coefficient (Wildman–Crippen LogP) is 8.87. The van der Waals surface area contributed by atoms with E-state index in [1.54, 1.807) is 12.1 Å². The molecule has 0 aromatic heterocycles. The van der Waals surface area contributed by atoms with Crippen LogP contribution in [0, 0.1) is 11.6 Å². The third kappa shape index (κ3) is 4.80. The molecule has 0 atom stereocenters. The molecule has 0 spiro atoms. The van der Waals surface area contributed by atoms with Crippen molar-refractivity contribution in [3.05, 3.63) is 108 Å². The van der Waals surface area contributed by atoms with Crippen LogP contribution in [0.1, 0.15) is 37.8 Å². The number of rotatable bonds is 7. The van der Waals surface area contributed by atoms with E-state index in [4.69, 9.17) is 0 Å². The highest BCUT2D eigenvalue weighted by atomic mass is 19.1. The lowest BCUT2D eigenvalue weighted by atomic mass is 9.96. The SMILES string of the molecule is CCCc1ccc(-c2ccc(-c3ccc(-c4ccc(CCC)c(F)c4)cc3)c(F)c2)cc1. The maximum atomic E-state index is 15.0. The topological polar surface area (TPSA) is 0 Å². The van der Waals surface area contributed by atoms with E-state index < -0.39 is 0 Å². The monoisotopic (exact) mass is 426 g/mol. The summed E-state index contributed by atoms with van der Waals surface area (Å²) in [7, 11) is 0. The maximum Gasteiger partial charge on any atom is 0.131 e. The second-order valence-corrected chi connectivity index (χ2v) is 8.28. The highest BCUT2D eigenvalue weighted by Crippen LogP contribution is 2.30. The lowest BCUT2D eigenvalue weighted by Crippen LogP contribution is -1.91. The molecule has 0 amide bonds. The molecule has 0 saturated heterocycles. The Hall–Kier alpha value is -3.26. The van der Waals surface area contributed by atoms with Crippen molar-refractivity contribution in [1.29, 1.82) is 0 Å². The van der Waals surface area contributed by atoms with E-state index in [1.807, 2.05) is 55.5 Å². The van der Waals surface area contributed by atoms with E-state index in [9.17, 15) is 8.78 Å². The highest BCUT2D eigenvalue weighted by molar-refractivity contribution is 5.74. The van der Waals surface area contributed by atoms with Crippen molar-refractivity contribution < 1.29 is 8.78 Å². The van der Waals surface area contributed by atoms with Gasteiger partial charge in [-0.15, -0.1) is 0 Å². The van der Waals surface area contributed by atoms with Gasteiger partial charge in [0.25, 0.3) is 0 Å². The van der Waals surface area contributed by atoms with Gasteiger partial charge in [0.15, 0.2) is 0 Å². The normalized spacial score (nSPS) is 11.0. The van der Waals surface area contributed by atoms with Crippen LogP contribution in [0.4, 0.5) is 8.78 Å². The number of hydrogen-bond acceptors (Lipinski definition) is 0. The van der Waals surface area contributed by atoms with E-state index in [-0.39, 0.29) is 11.6 Å². The molecule has 4 rings (SSSR count). The minimum atomic E-state index is -0.247. The Kier molecular flexibility index (Phi) is 6.80. The fourth-order valence-electron chi connectivity index (χ4n) is 4.12. The lowest BCUT2D eigenvalue weighted by Gasteiger charge is -2.10. The molecule has 0 bridgehead atoms. The van der Waals surface area contributed by atoms with Crippen LogP contribution in [0.15, 0.2) is 84.9 Å². The minimum absolute atomic E-state index is 0.169. The van der Waals surface area contributed by atoms with Gasteiger partial charge in [-0.2, -0.15) is 0 Å². The Balaban J connectivity index is 1.56. The van der Waals surface area contributed by atoms with Crippen LogP contribution in [-0.2, 0) is 12.8 Å². The Morgan fingerprint density at radius 1 is 0.500 bits per heavy atom. The van der Waals surface area contributed by atoms with E-state index in [0.29, 0.717) is 5.56 Å². The molecule has 0 heterocycles. The second-order valence-electron chi connectivity index (χ2n) is 8.28. The smallest absolute Gasteiger partial charge is 0.131 e. The third-order valence-corrected chi connectivity index (χ3v) is 5.90. The number of halogens is 2. The molecule has 4 aromatic carbocycles. The quantitative estimate of drug-likeness (QED) is 0.277. The van der Waals surface area contributed by atoms with Gasteiger partial charge in [0.2, 0.25) is 0 Å².